The van der Waals surface area contributed by atoms with Crippen molar-refractivity contribution >= 4 is 0 Å². The maximum absolute atomic E-state index is 5.91. The minimum absolute atomic E-state index is 0.534. The zero-order chi connectivity index (χ0) is 9.80. The highest BCUT2D eigenvalue weighted by Crippen LogP contribution is 2.33. The number of rotatable bonds is 5. The van der Waals surface area contributed by atoms with Gasteiger partial charge in [-0.2, -0.15) is 0 Å². The molecule has 0 bridgehead atoms. The zero-order valence-corrected chi connectivity index (χ0v) is 9.38. The normalized spacial score (nSPS) is 33.2. The average molecular weight is 195 g/mol. The highest BCUT2D eigenvalue weighted by atomic mass is 14.6. The van der Waals surface area contributed by atoms with Crippen LogP contribution in [0.4, 0.5) is 0 Å². The Hall–Kier alpha value is -0.0400. The lowest BCUT2D eigenvalue weighted by Gasteiger charge is -2.25. The summed E-state index contributed by atoms with van der Waals surface area (Å²) in [6, 6.07) is 0.534. The summed E-state index contributed by atoms with van der Waals surface area (Å²) in [5.41, 5.74) is 5.91. The molecule has 0 radical (unpaired) electrons. The molecular formula is C13H25N. The Balaban J connectivity index is 1.46. The van der Waals surface area contributed by atoms with Gasteiger partial charge in [0.15, 0.2) is 0 Å². The van der Waals surface area contributed by atoms with Crippen LogP contribution in [-0.4, -0.2) is 6.04 Å². The summed E-state index contributed by atoms with van der Waals surface area (Å²) in [6.45, 7) is 0. The van der Waals surface area contributed by atoms with E-state index in [1.165, 1.54) is 64.2 Å². The number of hydrogen-bond donors (Lipinski definition) is 1. The van der Waals surface area contributed by atoms with Crippen molar-refractivity contribution in [2.45, 2.75) is 70.3 Å². The summed E-state index contributed by atoms with van der Waals surface area (Å²) in [6.07, 6.45) is 14.5. The molecule has 0 aromatic carbocycles. The first-order valence-electron chi connectivity index (χ1n) is 6.60. The van der Waals surface area contributed by atoms with Crippen LogP contribution in [0.15, 0.2) is 0 Å². The van der Waals surface area contributed by atoms with E-state index in [9.17, 15) is 0 Å². The fourth-order valence-corrected chi connectivity index (χ4v) is 3.02. The second kappa shape index (κ2) is 5.16. The molecule has 82 valence electrons. The third-order valence-electron chi connectivity index (χ3n) is 4.28. The molecule has 1 heteroatoms. The Morgan fingerprint density at radius 1 is 0.857 bits per heavy atom. The van der Waals surface area contributed by atoms with Crippen molar-refractivity contribution in [2.24, 2.45) is 17.6 Å². The van der Waals surface area contributed by atoms with E-state index in [0.717, 1.165) is 11.8 Å². The van der Waals surface area contributed by atoms with Crippen LogP contribution in [0, 0.1) is 11.8 Å². The van der Waals surface area contributed by atoms with Crippen LogP contribution in [0.2, 0.25) is 0 Å². The smallest absolute Gasteiger partial charge is 0.00415 e. The van der Waals surface area contributed by atoms with Gasteiger partial charge in [-0.1, -0.05) is 44.9 Å². The van der Waals surface area contributed by atoms with Crippen LogP contribution in [0.3, 0.4) is 0 Å². The van der Waals surface area contributed by atoms with Gasteiger partial charge < -0.3 is 5.73 Å². The minimum atomic E-state index is 0.534. The van der Waals surface area contributed by atoms with Gasteiger partial charge in [-0.05, 0) is 31.1 Å². The van der Waals surface area contributed by atoms with E-state index in [4.69, 9.17) is 5.73 Å². The Morgan fingerprint density at radius 3 is 2.07 bits per heavy atom. The topological polar surface area (TPSA) is 26.0 Å². The highest BCUT2D eigenvalue weighted by molar-refractivity contribution is 4.77. The van der Waals surface area contributed by atoms with Crippen LogP contribution in [-0.2, 0) is 0 Å². The molecule has 0 aromatic heterocycles. The van der Waals surface area contributed by atoms with Gasteiger partial charge in [-0.25, -0.2) is 0 Å². The monoisotopic (exact) mass is 195 g/mol. The molecule has 2 unspecified atom stereocenters. The van der Waals surface area contributed by atoms with Gasteiger partial charge in [-0.15, -0.1) is 0 Å². The number of unbranched alkanes of at least 4 members (excludes halogenated alkanes) is 1. The Morgan fingerprint density at radius 2 is 1.57 bits per heavy atom. The molecule has 14 heavy (non-hydrogen) atoms. The number of nitrogens with two attached hydrogens (primary N) is 1. The molecular weight excluding hydrogens is 170 g/mol. The quantitative estimate of drug-likeness (QED) is 0.668. The summed E-state index contributed by atoms with van der Waals surface area (Å²) in [5, 5.41) is 0. The lowest BCUT2D eigenvalue weighted by Crippen LogP contribution is -2.14. The van der Waals surface area contributed by atoms with Gasteiger partial charge in [-0.3, -0.25) is 0 Å². The van der Waals surface area contributed by atoms with E-state index in [1.54, 1.807) is 0 Å². The molecule has 0 aromatic rings. The molecule has 2 aliphatic rings. The lowest BCUT2D eigenvalue weighted by molar-refractivity contribution is 0.283. The summed E-state index contributed by atoms with van der Waals surface area (Å²) >= 11 is 0. The van der Waals surface area contributed by atoms with Gasteiger partial charge in [0.25, 0.3) is 0 Å². The molecule has 1 nitrogen and oxygen atoms in total. The highest BCUT2D eigenvalue weighted by Gasteiger charge is 2.21. The van der Waals surface area contributed by atoms with E-state index < -0.39 is 0 Å². The minimum Gasteiger partial charge on any atom is -0.328 e. The zero-order valence-electron chi connectivity index (χ0n) is 9.38. The van der Waals surface area contributed by atoms with Crippen LogP contribution in [0.5, 0.6) is 0 Å². The maximum atomic E-state index is 5.91. The van der Waals surface area contributed by atoms with Crippen molar-refractivity contribution in [3.63, 3.8) is 0 Å². The van der Waals surface area contributed by atoms with E-state index in [1.807, 2.05) is 0 Å². The molecule has 0 heterocycles. The second-order valence-electron chi connectivity index (χ2n) is 5.52. The van der Waals surface area contributed by atoms with Gasteiger partial charge in [0.2, 0.25) is 0 Å². The van der Waals surface area contributed by atoms with Crippen molar-refractivity contribution in [1.82, 2.24) is 0 Å². The second-order valence-corrected chi connectivity index (χ2v) is 5.52. The summed E-state index contributed by atoms with van der Waals surface area (Å²) in [7, 11) is 0. The SMILES string of the molecule is NC1CCC(CCCCC2CCC2)C1. The van der Waals surface area contributed by atoms with Crippen molar-refractivity contribution in [3.8, 4) is 0 Å². The first kappa shape index (κ1) is 10.5. The predicted octanol–water partition coefficient (Wildman–Crippen LogP) is 3.47. The molecule has 2 N–H and O–H groups in total. The third-order valence-corrected chi connectivity index (χ3v) is 4.28. The Kier molecular flexibility index (Phi) is 3.86. The molecule has 2 saturated carbocycles. The first-order chi connectivity index (χ1) is 6.84. The first-order valence-corrected chi connectivity index (χ1v) is 6.60. The molecule has 2 fully saturated rings. The van der Waals surface area contributed by atoms with Crippen LogP contribution in [0.1, 0.15) is 64.2 Å². The van der Waals surface area contributed by atoms with Gasteiger partial charge in [0.05, 0.1) is 0 Å². The van der Waals surface area contributed by atoms with E-state index >= 15 is 0 Å². The average Bonchev–Trinajstić information content (AvgIpc) is 2.48. The molecule has 2 aliphatic carbocycles. The molecule has 2 rings (SSSR count). The standard InChI is InChI=1S/C13H25N/c14-13-9-8-12(10-13)5-2-1-4-11-6-3-7-11/h11-13H,1-10,14H2. The molecule has 0 aliphatic heterocycles. The largest absolute Gasteiger partial charge is 0.328 e. The van der Waals surface area contributed by atoms with Gasteiger partial charge in [0.1, 0.15) is 0 Å². The maximum Gasteiger partial charge on any atom is 0.00415 e. The summed E-state index contributed by atoms with van der Waals surface area (Å²) in [4.78, 5) is 0. The van der Waals surface area contributed by atoms with E-state index in [2.05, 4.69) is 0 Å². The fourth-order valence-electron chi connectivity index (χ4n) is 3.02. The van der Waals surface area contributed by atoms with Crippen LogP contribution >= 0.6 is 0 Å². The van der Waals surface area contributed by atoms with Gasteiger partial charge >= 0.3 is 0 Å². The Bertz CT molecular complexity index is 163. The van der Waals surface area contributed by atoms with Crippen LogP contribution < -0.4 is 5.73 Å². The van der Waals surface area contributed by atoms with Crippen molar-refractivity contribution in [1.29, 1.82) is 0 Å². The molecule has 0 spiro atoms. The van der Waals surface area contributed by atoms with E-state index in [0.29, 0.717) is 6.04 Å². The van der Waals surface area contributed by atoms with Gasteiger partial charge in [0, 0.05) is 6.04 Å². The molecule has 0 saturated heterocycles. The molecule has 0 amide bonds. The van der Waals surface area contributed by atoms with Crippen LogP contribution in [0.25, 0.3) is 0 Å². The number of hydrogen-bond acceptors (Lipinski definition) is 1. The third kappa shape index (κ3) is 2.98. The lowest BCUT2D eigenvalue weighted by atomic mass is 9.81. The van der Waals surface area contributed by atoms with Crippen molar-refractivity contribution in [3.05, 3.63) is 0 Å². The van der Waals surface area contributed by atoms with E-state index in [-0.39, 0.29) is 0 Å². The molecule has 2 atom stereocenters. The van der Waals surface area contributed by atoms with Crippen molar-refractivity contribution in [2.75, 3.05) is 0 Å². The van der Waals surface area contributed by atoms with Crippen molar-refractivity contribution < 1.29 is 0 Å². The Labute approximate surface area is 88.4 Å². The predicted molar refractivity (Wildman–Crippen MR) is 61.1 cm³/mol. The summed E-state index contributed by atoms with van der Waals surface area (Å²) in [5.74, 6) is 2.09. The summed E-state index contributed by atoms with van der Waals surface area (Å²) < 4.78 is 0. The fraction of sp³-hybridized carbons (Fsp3) is 1.00.